The monoisotopic (exact) mass is 890 g/mol. The molecule has 3 aliphatic rings. The zero-order valence-corrected chi connectivity index (χ0v) is 38.1. The zero-order valence-electron chi connectivity index (χ0n) is 38.1. The molecule has 1 aliphatic heterocycles. The van der Waals surface area contributed by atoms with E-state index in [1.165, 1.54) is 77.9 Å². The van der Waals surface area contributed by atoms with Crippen molar-refractivity contribution in [2.45, 2.75) is 5.41 Å². The number of rotatable bonds is 4. The Labute approximate surface area is 406 Å². The van der Waals surface area contributed by atoms with Crippen LogP contribution in [-0.2, 0) is 5.41 Å². The maximum absolute atomic E-state index is 6.60. The Kier molecular flexibility index (Phi) is 8.28. The third kappa shape index (κ3) is 5.40. The van der Waals surface area contributed by atoms with Crippen LogP contribution in [0.4, 0.5) is 34.1 Å². The first-order valence-electron chi connectivity index (χ1n) is 24.2. The second-order valence-electron chi connectivity index (χ2n) is 18.7. The fourth-order valence-corrected chi connectivity index (χ4v) is 12.4. The van der Waals surface area contributed by atoms with Crippen molar-refractivity contribution in [2.24, 2.45) is 0 Å². The molecule has 2 heterocycles. The van der Waals surface area contributed by atoms with Crippen molar-refractivity contribution in [1.82, 2.24) is 0 Å². The molecule has 0 saturated heterocycles. The van der Waals surface area contributed by atoms with Gasteiger partial charge in [0.1, 0.15) is 11.2 Å². The van der Waals surface area contributed by atoms with Crippen LogP contribution in [0.15, 0.2) is 259 Å². The first kappa shape index (κ1) is 38.9. The number of nitrogens with zero attached hydrogens (tertiary/aromatic N) is 2. The van der Waals surface area contributed by atoms with Gasteiger partial charge >= 0.3 is 0 Å². The highest BCUT2D eigenvalue weighted by molar-refractivity contribution is 6.09. The number of hydrogen-bond donors (Lipinski definition) is 0. The van der Waals surface area contributed by atoms with E-state index in [2.05, 4.69) is 265 Å². The highest BCUT2D eigenvalue weighted by Crippen LogP contribution is 2.63. The molecule has 3 nitrogen and oxygen atoms in total. The molecule has 0 saturated carbocycles. The molecule has 0 N–H and O–H groups in total. The molecule has 11 aromatic carbocycles. The van der Waals surface area contributed by atoms with Gasteiger partial charge in [0.2, 0.25) is 0 Å². The van der Waals surface area contributed by atoms with Crippen molar-refractivity contribution in [2.75, 3.05) is 9.80 Å². The van der Waals surface area contributed by atoms with E-state index in [4.69, 9.17) is 4.42 Å². The molecule has 0 amide bonds. The lowest BCUT2D eigenvalue weighted by atomic mass is 9.65. The molecule has 12 aromatic rings. The fraction of sp³-hybridized carbons (Fsp3) is 0.0149. The SMILES string of the molecule is c1ccc(N(c2ccc3c(c2)-c2ccccc2N(c2ccccc2)c2ccccc2-3)c2ccc3c(c2)-c2ccccc2-c2ccccc2C32c3ccccc3-c3cc4oc5ccccc5c4cc32)cc1. The Morgan fingerprint density at radius 3 is 1.49 bits per heavy atom. The van der Waals surface area contributed by atoms with Crippen molar-refractivity contribution in [3.63, 3.8) is 0 Å². The molecular weight excluding hydrogens is 849 g/mol. The number of para-hydroxylation sites is 5. The molecular formula is C67H42N2O. The van der Waals surface area contributed by atoms with E-state index in [9.17, 15) is 0 Å². The summed E-state index contributed by atoms with van der Waals surface area (Å²) in [4.78, 5) is 4.86. The molecule has 70 heavy (non-hydrogen) atoms. The molecule has 2 aliphatic carbocycles. The lowest BCUT2D eigenvalue weighted by Gasteiger charge is -2.36. The van der Waals surface area contributed by atoms with Crippen molar-refractivity contribution in [3.05, 3.63) is 277 Å². The van der Waals surface area contributed by atoms with Crippen LogP contribution in [0.25, 0.3) is 77.6 Å². The average Bonchev–Trinajstić information content (AvgIpc) is 3.86. The van der Waals surface area contributed by atoms with Gasteiger partial charge in [0.25, 0.3) is 0 Å². The summed E-state index contributed by atoms with van der Waals surface area (Å²) in [5, 5.41) is 2.26. The smallest absolute Gasteiger partial charge is 0.136 e. The maximum Gasteiger partial charge on any atom is 0.136 e. The fourth-order valence-electron chi connectivity index (χ4n) is 12.4. The van der Waals surface area contributed by atoms with Crippen LogP contribution in [0.5, 0.6) is 0 Å². The lowest BCUT2D eigenvalue weighted by molar-refractivity contribution is 0.668. The van der Waals surface area contributed by atoms with Gasteiger partial charge in [-0.05, 0) is 146 Å². The largest absolute Gasteiger partial charge is 0.456 e. The minimum atomic E-state index is -0.647. The van der Waals surface area contributed by atoms with Gasteiger partial charge in [-0.3, -0.25) is 0 Å². The van der Waals surface area contributed by atoms with Crippen molar-refractivity contribution >= 4 is 56.1 Å². The van der Waals surface area contributed by atoms with Gasteiger partial charge < -0.3 is 14.2 Å². The number of benzene rings is 11. The van der Waals surface area contributed by atoms with Gasteiger partial charge in [-0.15, -0.1) is 0 Å². The topological polar surface area (TPSA) is 19.6 Å². The molecule has 1 aromatic heterocycles. The van der Waals surface area contributed by atoms with Crippen LogP contribution in [0.1, 0.15) is 22.3 Å². The van der Waals surface area contributed by atoms with E-state index in [0.29, 0.717) is 0 Å². The standard InChI is InChI=1S/C67H42N2O/c1-3-19-43(20-4-1)68(45-35-37-49-52-27-11-16-32-63(52)69(44-21-5-2-6-22-44)64-33-17-12-28-53(64)55(49)39-45)46-36-38-61-56(40-46)48-24-8-7-23-47(48)50-25-9-14-30-59(50)67(61)60-31-15-10-26-51(60)57-42-66-58(41-62(57)67)54-29-13-18-34-65(54)70-66/h1-42H. The van der Waals surface area contributed by atoms with Crippen LogP contribution >= 0.6 is 0 Å². The maximum atomic E-state index is 6.60. The second kappa shape index (κ2) is 14.9. The normalized spacial score (nSPS) is 14.6. The van der Waals surface area contributed by atoms with Gasteiger partial charge in [-0.2, -0.15) is 0 Å². The minimum absolute atomic E-state index is 0.647. The van der Waals surface area contributed by atoms with Gasteiger partial charge in [-0.1, -0.05) is 176 Å². The number of anilines is 6. The van der Waals surface area contributed by atoms with E-state index >= 15 is 0 Å². The molecule has 3 heteroatoms. The number of furan rings is 1. The molecule has 1 unspecified atom stereocenters. The predicted molar refractivity (Wildman–Crippen MR) is 289 cm³/mol. The molecule has 0 fully saturated rings. The van der Waals surface area contributed by atoms with Crippen LogP contribution in [0.2, 0.25) is 0 Å². The van der Waals surface area contributed by atoms with E-state index in [1.807, 2.05) is 0 Å². The van der Waals surface area contributed by atoms with Crippen molar-refractivity contribution in [3.8, 4) is 55.6 Å². The van der Waals surface area contributed by atoms with E-state index in [0.717, 1.165) is 56.1 Å². The average molecular weight is 891 g/mol. The zero-order chi connectivity index (χ0) is 45.9. The van der Waals surface area contributed by atoms with Gasteiger partial charge in [0, 0.05) is 44.6 Å². The second-order valence-corrected chi connectivity index (χ2v) is 18.7. The van der Waals surface area contributed by atoms with E-state index < -0.39 is 5.41 Å². The quantitative estimate of drug-likeness (QED) is 0.176. The predicted octanol–water partition coefficient (Wildman–Crippen LogP) is 18.2. The van der Waals surface area contributed by atoms with Crippen LogP contribution in [0.3, 0.4) is 0 Å². The van der Waals surface area contributed by atoms with Gasteiger partial charge in [0.05, 0.1) is 16.8 Å². The Morgan fingerprint density at radius 1 is 0.286 bits per heavy atom. The molecule has 326 valence electrons. The summed E-state index contributed by atoms with van der Waals surface area (Å²) >= 11 is 0. The van der Waals surface area contributed by atoms with Gasteiger partial charge in [0.15, 0.2) is 0 Å². The first-order valence-corrected chi connectivity index (χ1v) is 24.2. The van der Waals surface area contributed by atoms with E-state index in [-0.39, 0.29) is 0 Å². The number of fused-ring (bicyclic) bond motifs is 20. The summed E-state index contributed by atoms with van der Waals surface area (Å²) in [7, 11) is 0. The van der Waals surface area contributed by atoms with Crippen LogP contribution < -0.4 is 9.80 Å². The minimum Gasteiger partial charge on any atom is -0.456 e. The third-order valence-corrected chi connectivity index (χ3v) is 15.2. The van der Waals surface area contributed by atoms with Crippen molar-refractivity contribution in [1.29, 1.82) is 0 Å². The highest BCUT2D eigenvalue weighted by atomic mass is 16.3. The Bertz CT molecular complexity index is 4090. The van der Waals surface area contributed by atoms with Crippen molar-refractivity contribution < 1.29 is 4.42 Å². The summed E-state index contributed by atoms with van der Waals surface area (Å²) in [6, 6.07) is 94.0. The van der Waals surface area contributed by atoms with Crippen LogP contribution in [-0.4, -0.2) is 0 Å². The van der Waals surface area contributed by atoms with E-state index in [1.54, 1.807) is 0 Å². The summed E-state index contributed by atoms with van der Waals surface area (Å²) in [6.07, 6.45) is 0. The van der Waals surface area contributed by atoms with Gasteiger partial charge in [-0.25, -0.2) is 0 Å². The Balaban J connectivity index is 1.00. The summed E-state index contributed by atoms with van der Waals surface area (Å²) in [6.45, 7) is 0. The summed E-state index contributed by atoms with van der Waals surface area (Å²) in [5.41, 5.74) is 25.0. The summed E-state index contributed by atoms with van der Waals surface area (Å²) in [5.74, 6) is 0. The first-order chi connectivity index (χ1) is 34.7. The molecule has 0 radical (unpaired) electrons. The summed E-state index contributed by atoms with van der Waals surface area (Å²) < 4.78 is 6.60. The molecule has 1 atom stereocenters. The molecule has 15 rings (SSSR count). The third-order valence-electron chi connectivity index (χ3n) is 15.2. The number of hydrogen-bond acceptors (Lipinski definition) is 3. The van der Waals surface area contributed by atoms with Crippen LogP contribution in [0, 0.1) is 0 Å². The highest BCUT2D eigenvalue weighted by Gasteiger charge is 2.50. The Hall–Kier alpha value is -9.18. The Morgan fingerprint density at radius 2 is 0.771 bits per heavy atom. The lowest BCUT2D eigenvalue weighted by Crippen LogP contribution is -2.29. The molecule has 1 spiro atoms. The molecule has 0 bridgehead atoms.